The largest absolute Gasteiger partial charge is 0.495 e. The van der Waals surface area contributed by atoms with Crippen LogP contribution in [0.5, 0.6) is 11.5 Å². The Hall–Kier alpha value is -0.850. The van der Waals surface area contributed by atoms with Crippen molar-refractivity contribution in [2.24, 2.45) is 0 Å². The summed E-state index contributed by atoms with van der Waals surface area (Å²) in [7, 11) is 3.10. The molecule has 2 atom stereocenters. The van der Waals surface area contributed by atoms with Gasteiger partial charge in [0.1, 0.15) is 21.6 Å². The minimum Gasteiger partial charge on any atom is -0.495 e. The maximum Gasteiger partial charge on any atom is 0.143 e. The van der Waals surface area contributed by atoms with E-state index >= 15 is 4.39 Å². The van der Waals surface area contributed by atoms with Crippen LogP contribution in [0.3, 0.4) is 0 Å². The van der Waals surface area contributed by atoms with Gasteiger partial charge in [-0.2, -0.15) is 0 Å². The molecule has 0 radical (unpaired) electrons. The second-order valence-electron chi connectivity index (χ2n) is 5.29. The number of ether oxygens (including phenoxy) is 3. The molecule has 0 bridgehead atoms. The summed E-state index contributed by atoms with van der Waals surface area (Å²) in [5, 5.41) is 3.28. The molecule has 1 aromatic carbocycles. The minimum absolute atomic E-state index is 0.000617. The standard InChI is InChI=1S/C15H21BrFNO3/c1-15(17,8-10-9-21-7-6-18-10)11-4-5-12(19-2)13(16)14(11)20-3/h4-5,10,18H,6-9H2,1-3H3. The van der Waals surface area contributed by atoms with Gasteiger partial charge in [-0.25, -0.2) is 4.39 Å². The van der Waals surface area contributed by atoms with E-state index in [9.17, 15) is 0 Å². The Morgan fingerprint density at radius 3 is 2.76 bits per heavy atom. The summed E-state index contributed by atoms with van der Waals surface area (Å²) < 4.78 is 31.8. The number of hydrogen-bond donors (Lipinski definition) is 1. The van der Waals surface area contributed by atoms with Gasteiger partial charge in [0.25, 0.3) is 0 Å². The Morgan fingerprint density at radius 2 is 2.19 bits per heavy atom. The smallest absolute Gasteiger partial charge is 0.143 e. The highest BCUT2D eigenvalue weighted by Crippen LogP contribution is 2.44. The SMILES string of the molecule is COc1ccc(C(C)(F)CC2COCCN2)c(OC)c1Br. The van der Waals surface area contributed by atoms with Crippen LogP contribution in [0.4, 0.5) is 4.39 Å². The van der Waals surface area contributed by atoms with E-state index in [2.05, 4.69) is 21.2 Å². The normalized spacial score (nSPS) is 21.7. The lowest BCUT2D eigenvalue weighted by molar-refractivity contribution is 0.0467. The summed E-state index contributed by atoms with van der Waals surface area (Å²) in [5.41, 5.74) is -1.02. The lowest BCUT2D eigenvalue weighted by atomic mass is 9.89. The van der Waals surface area contributed by atoms with Crippen LogP contribution in [0.1, 0.15) is 18.9 Å². The minimum atomic E-state index is -1.53. The van der Waals surface area contributed by atoms with Crippen LogP contribution in [-0.2, 0) is 10.4 Å². The average Bonchev–Trinajstić information content (AvgIpc) is 2.47. The molecule has 6 heteroatoms. The number of methoxy groups -OCH3 is 2. The number of nitrogens with one attached hydrogen (secondary N) is 1. The van der Waals surface area contributed by atoms with Gasteiger partial charge in [0.15, 0.2) is 0 Å². The predicted octanol–water partition coefficient (Wildman–Crippen LogP) is 3.03. The fourth-order valence-corrected chi connectivity index (χ4v) is 3.30. The van der Waals surface area contributed by atoms with Crippen LogP contribution < -0.4 is 14.8 Å². The third-order valence-corrected chi connectivity index (χ3v) is 4.43. The zero-order valence-electron chi connectivity index (χ0n) is 12.5. The van der Waals surface area contributed by atoms with Crippen molar-refractivity contribution < 1.29 is 18.6 Å². The van der Waals surface area contributed by atoms with Crippen LogP contribution in [0.2, 0.25) is 0 Å². The Morgan fingerprint density at radius 1 is 1.43 bits per heavy atom. The summed E-state index contributed by atoms with van der Waals surface area (Å²) in [4.78, 5) is 0. The van der Waals surface area contributed by atoms with E-state index in [-0.39, 0.29) is 6.04 Å². The van der Waals surface area contributed by atoms with Gasteiger partial charge in [0.05, 0.1) is 27.4 Å². The fraction of sp³-hybridized carbons (Fsp3) is 0.600. The quantitative estimate of drug-likeness (QED) is 0.874. The molecule has 0 spiro atoms. The van der Waals surface area contributed by atoms with Crippen molar-refractivity contribution in [2.45, 2.75) is 25.1 Å². The average molecular weight is 362 g/mol. The number of benzene rings is 1. The van der Waals surface area contributed by atoms with Gasteiger partial charge in [0.2, 0.25) is 0 Å². The van der Waals surface area contributed by atoms with E-state index in [1.54, 1.807) is 26.2 Å². The lowest BCUT2D eigenvalue weighted by Crippen LogP contribution is -2.44. The monoisotopic (exact) mass is 361 g/mol. The Kier molecular flexibility index (Phi) is 5.46. The maximum absolute atomic E-state index is 15.2. The van der Waals surface area contributed by atoms with E-state index in [4.69, 9.17) is 14.2 Å². The van der Waals surface area contributed by atoms with Crippen LogP contribution in [-0.4, -0.2) is 40.0 Å². The molecule has 1 aromatic rings. The van der Waals surface area contributed by atoms with Crippen molar-refractivity contribution >= 4 is 15.9 Å². The first-order valence-electron chi connectivity index (χ1n) is 6.90. The topological polar surface area (TPSA) is 39.7 Å². The molecule has 0 saturated carbocycles. The molecule has 21 heavy (non-hydrogen) atoms. The molecule has 118 valence electrons. The summed E-state index contributed by atoms with van der Waals surface area (Å²) in [6.07, 6.45) is 0.322. The molecular formula is C15H21BrFNO3. The molecule has 0 amide bonds. The van der Waals surface area contributed by atoms with E-state index in [0.29, 0.717) is 41.2 Å². The summed E-state index contributed by atoms with van der Waals surface area (Å²) >= 11 is 3.41. The molecule has 0 aromatic heterocycles. The predicted molar refractivity (Wildman–Crippen MR) is 82.9 cm³/mol. The first-order chi connectivity index (χ1) is 9.99. The Balaban J connectivity index is 2.27. The highest BCUT2D eigenvalue weighted by atomic mass is 79.9. The first kappa shape index (κ1) is 16.5. The Bertz CT molecular complexity index is 490. The molecule has 1 N–H and O–H groups in total. The van der Waals surface area contributed by atoms with Crippen LogP contribution in [0.15, 0.2) is 16.6 Å². The zero-order chi connectivity index (χ0) is 15.5. The van der Waals surface area contributed by atoms with Gasteiger partial charge in [-0.05, 0) is 35.0 Å². The molecule has 0 aliphatic carbocycles. The van der Waals surface area contributed by atoms with Gasteiger partial charge in [-0.15, -0.1) is 0 Å². The molecule has 2 rings (SSSR count). The van der Waals surface area contributed by atoms with E-state index in [0.717, 1.165) is 6.54 Å². The highest BCUT2D eigenvalue weighted by Gasteiger charge is 2.34. The van der Waals surface area contributed by atoms with E-state index in [1.807, 2.05) is 0 Å². The molecule has 1 fully saturated rings. The molecule has 1 aliphatic heterocycles. The zero-order valence-corrected chi connectivity index (χ0v) is 14.1. The van der Waals surface area contributed by atoms with Gasteiger partial charge in [-0.3, -0.25) is 0 Å². The van der Waals surface area contributed by atoms with Crippen molar-refractivity contribution in [3.63, 3.8) is 0 Å². The second kappa shape index (κ2) is 6.94. The Labute approximate surface area is 133 Å². The number of morpholine rings is 1. The summed E-state index contributed by atoms with van der Waals surface area (Å²) in [6.45, 7) is 3.53. The number of rotatable bonds is 5. The molecule has 1 heterocycles. The van der Waals surface area contributed by atoms with Crippen molar-refractivity contribution in [1.29, 1.82) is 0 Å². The third-order valence-electron chi connectivity index (χ3n) is 3.68. The van der Waals surface area contributed by atoms with E-state index in [1.165, 1.54) is 7.11 Å². The van der Waals surface area contributed by atoms with Gasteiger partial charge < -0.3 is 19.5 Å². The summed E-state index contributed by atoms with van der Waals surface area (Å²) in [6, 6.07) is 3.45. The van der Waals surface area contributed by atoms with Crippen LogP contribution in [0.25, 0.3) is 0 Å². The second-order valence-corrected chi connectivity index (χ2v) is 6.08. The molecule has 1 aliphatic rings. The fourth-order valence-electron chi connectivity index (χ4n) is 2.63. The first-order valence-corrected chi connectivity index (χ1v) is 7.70. The van der Waals surface area contributed by atoms with Crippen molar-refractivity contribution in [2.75, 3.05) is 34.0 Å². The van der Waals surface area contributed by atoms with Gasteiger partial charge in [-0.1, -0.05) is 0 Å². The van der Waals surface area contributed by atoms with Crippen molar-refractivity contribution in [1.82, 2.24) is 5.32 Å². The molecule has 2 unspecified atom stereocenters. The van der Waals surface area contributed by atoms with E-state index < -0.39 is 5.67 Å². The van der Waals surface area contributed by atoms with Gasteiger partial charge in [0, 0.05) is 24.6 Å². The van der Waals surface area contributed by atoms with Crippen LogP contribution in [0, 0.1) is 0 Å². The summed E-state index contributed by atoms with van der Waals surface area (Å²) in [5.74, 6) is 1.08. The number of halogens is 2. The van der Waals surface area contributed by atoms with Crippen LogP contribution >= 0.6 is 15.9 Å². The number of hydrogen-bond acceptors (Lipinski definition) is 4. The molecule has 4 nitrogen and oxygen atoms in total. The molecule has 1 saturated heterocycles. The van der Waals surface area contributed by atoms with Crippen molar-refractivity contribution in [3.8, 4) is 11.5 Å². The maximum atomic E-state index is 15.2. The third kappa shape index (κ3) is 3.67. The van der Waals surface area contributed by atoms with Gasteiger partial charge >= 0.3 is 0 Å². The lowest BCUT2D eigenvalue weighted by Gasteiger charge is -2.31. The highest BCUT2D eigenvalue weighted by molar-refractivity contribution is 9.10. The molecular weight excluding hydrogens is 341 g/mol. The number of alkyl halides is 1. The van der Waals surface area contributed by atoms with Crippen molar-refractivity contribution in [3.05, 3.63) is 22.2 Å².